The molecule has 0 saturated carbocycles. The molecule has 0 unspecified atom stereocenters. The zero-order valence-electron chi connectivity index (χ0n) is 9.41. The molecule has 2 heterocycles. The lowest BCUT2D eigenvalue weighted by Crippen LogP contribution is -2.22. The van der Waals surface area contributed by atoms with Crippen molar-refractivity contribution in [1.29, 1.82) is 0 Å². The third-order valence-corrected chi connectivity index (χ3v) is 5.63. The van der Waals surface area contributed by atoms with E-state index in [4.69, 9.17) is 5.73 Å². The molecule has 0 aliphatic heterocycles. The molecule has 0 bridgehead atoms. The molecule has 2 aromatic heterocycles. The maximum absolute atomic E-state index is 11.9. The van der Waals surface area contributed by atoms with Gasteiger partial charge in [-0.15, -0.1) is 11.3 Å². The average Bonchev–Trinajstić information content (AvgIpc) is 2.83. The summed E-state index contributed by atoms with van der Waals surface area (Å²) in [6.45, 7) is 0.367. The van der Waals surface area contributed by atoms with Crippen molar-refractivity contribution >= 4 is 54.9 Å². The molecule has 0 aromatic carbocycles. The zero-order chi connectivity index (χ0) is 13.3. The van der Waals surface area contributed by atoms with Gasteiger partial charge in [-0.25, -0.2) is 0 Å². The third kappa shape index (κ3) is 2.76. The van der Waals surface area contributed by atoms with E-state index in [1.54, 1.807) is 24.0 Å². The number of thiophene rings is 1. The standard InChI is InChI=1S/C10H10Br2N4OS/c1-16-9(13)5(4-15-16)3-14-10(17)7-2-6(11)8(12)18-7/h2,4H,3,13H2,1H3,(H,14,17). The molecular weight excluding hydrogens is 384 g/mol. The van der Waals surface area contributed by atoms with E-state index in [2.05, 4.69) is 42.3 Å². The second kappa shape index (κ2) is 5.41. The number of carbonyl (C=O) groups excluding carboxylic acids is 1. The molecule has 5 nitrogen and oxygen atoms in total. The minimum atomic E-state index is -0.130. The Morgan fingerprint density at radius 1 is 1.61 bits per heavy atom. The smallest absolute Gasteiger partial charge is 0.261 e. The number of nitrogens with zero attached hydrogens (tertiary/aromatic N) is 2. The predicted octanol–water partition coefficient (Wildman–Crippen LogP) is 2.52. The van der Waals surface area contributed by atoms with Gasteiger partial charge in [0.15, 0.2) is 0 Å². The van der Waals surface area contributed by atoms with E-state index in [1.165, 1.54) is 11.3 Å². The fraction of sp³-hybridized carbons (Fsp3) is 0.200. The minimum absolute atomic E-state index is 0.130. The zero-order valence-corrected chi connectivity index (χ0v) is 13.4. The Kier molecular flexibility index (Phi) is 4.08. The Morgan fingerprint density at radius 2 is 2.33 bits per heavy atom. The van der Waals surface area contributed by atoms with Gasteiger partial charge in [0.05, 0.1) is 14.9 Å². The first-order valence-corrected chi connectivity index (χ1v) is 7.38. The molecule has 0 fully saturated rings. The van der Waals surface area contributed by atoms with Crippen molar-refractivity contribution in [3.63, 3.8) is 0 Å². The summed E-state index contributed by atoms with van der Waals surface area (Å²) in [6, 6.07) is 1.77. The maximum atomic E-state index is 11.9. The van der Waals surface area contributed by atoms with Crippen LogP contribution in [-0.4, -0.2) is 15.7 Å². The Bertz CT molecular complexity index is 573. The first kappa shape index (κ1) is 13.6. The van der Waals surface area contributed by atoms with Gasteiger partial charge in [0.2, 0.25) is 0 Å². The predicted molar refractivity (Wildman–Crippen MR) is 78.5 cm³/mol. The van der Waals surface area contributed by atoms with Crippen molar-refractivity contribution in [1.82, 2.24) is 15.1 Å². The Hall–Kier alpha value is -0.860. The van der Waals surface area contributed by atoms with Crippen LogP contribution in [0.3, 0.4) is 0 Å². The largest absolute Gasteiger partial charge is 0.384 e. The number of hydrogen-bond acceptors (Lipinski definition) is 4. The highest BCUT2D eigenvalue weighted by molar-refractivity contribution is 9.13. The van der Waals surface area contributed by atoms with Gasteiger partial charge in [-0.05, 0) is 37.9 Å². The molecule has 2 rings (SSSR count). The second-order valence-corrected chi connectivity index (χ2v) is 6.82. The van der Waals surface area contributed by atoms with Gasteiger partial charge in [-0.2, -0.15) is 5.10 Å². The van der Waals surface area contributed by atoms with E-state index < -0.39 is 0 Å². The lowest BCUT2D eigenvalue weighted by atomic mass is 10.3. The molecule has 96 valence electrons. The molecule has 0 aliphatic rings. The number of carbonyl (C=O) groups is 1. The van der Waals surface area contributed by atoms with Crippen LogP contribution in [0.1, 0.15) is 15.2 Å². The molecule has 3 N–H and O–H groups in total. The highest BCUT2D eigenvalue weighted by Crippen LogP contribution is 2.32. The number of hydrogen-bond donors (Lipinski definition) is 2. The average molecular weight is 394 g/mol. The number of halogens is 2. The van der Waals surface area contributed by atoms with Gasteiger partial charge in [-0.3, -0.25) is 9.48 Å². The van der Waals surface area contributed by atoms with Crippen LogP contribution in [0.4, 0.5) is 5.82 Å². The van der Waals surface area contributed by atoms with Crippen molar-refractivity contribution < 1.29 is 4.79 Å². The lowest BCUT2D eigenvalue weighted by Gasteiger charge is -2.02. The van der Waals surface area contributed by atoms with Crippen LogP contribution in [-0.2, 0) is 13.6 Å². The highest BCUT2D eigenvalue weighted by Gasteiger charge is 2.13. The van der Waals surface area contributed by atoms with Gasteiger partial charge in [-0.1, -0.05) is 0 Å². The first-order chi connectivity index (χ1) is 8.49. The number of nitrogens with two attached hydrogens (primary N) is 1. The maximum Gasteiger partial charge on any atom is 0.261 e. The molecule has 8 heteroatoms. The summed E-state index contributed by atoms with van der Waals surface area (Å²) >= 11 is 8.07. The van der Waals surface area contributed by atoms with Crippen LogP contribution < -0.4 is 11.1 Å². The van der Waals surface area contributed by atoms with Crippen molar-refractivity contribution in [3.8, 4) is 0 Å². The first-order valence-electron chi connectivity index (χ1n) is 4.98. The van der Waals surface area contributed by atoms with Crippen molar-refractivity contribution in [3.05, 3.63) is 31.0 Å². The van der Waals surface area contributed by atoms with Gasteiger partial charge in [0, 0.05) is 23.6 Å². The van der Waals surface area contributed by atoms with Crippen LogP contribution in [0.15, 0.2) is 20.5 Å². The van der Waals surface area contributed by atoms with Gasteiger partial charge in [0.25, 0.3) is 5.91 Å². The lowest BCUT2D eigenvalue weighted by molar-refractivity contribution is 0.0955. The Labute approximate surface area is 125 Å². The molecule has 0 radical (unpaired) electrons. The molecular formula is C10H10Br2N4OS. The van der Waals surface area contributed by atoms with Gasteiger partial charge in [0.1, 0.15) is 5.82 Å². The quantitative estimate of drug-likeness (QED) is 0.841. The molecule has 0 atom stereocenters. The van der Waals surface area contributed by atoms with Crippen LogP contribution >= 0.6 is 43.2 Å². The fourth-order valence-corrected chi connectivity index (χ4v) is 3.30. The molecule has 0 spiro atoms. The minimum Gasteiger partial charge on any atom is -0.384 e. The highest BCUT2D eigenvalue weighted by atomic mass is 79.9. The summed E-state index contributed by atoms with van der Waals surface area (Å²) in [4.78, 5) is 12.5. The Balaban J connectivity index is 2.02. The molecule has 1 amide bonds. The van der Waals surface area contributed by atoms with E-state index in [9.17, 15) is 4.79 Å². The van der Waals surface area contributed by atoms with Crippen LogP contribution in [0, 0.1) is 0 Å². The Morgan fingerprint density at radius 3 is 2.83 bits per heavy atom. The molecule has 0 aliphatic carbocycles. The molecule has 2 aromatic rings. The van der Waals surface area contributed by atoms with E-state index in [0.29, 0.717) is 17.2 Å². The van der Waals surface area contributed by atoms with Crippen molar-refractivity contribution in [2.45, 2.75) is 6.54 Å². The van der Waals surface area contributed by atoms with E-state index >= 15 is 0 Å². The van der Waals surface area contributed by atoms with Gasteiger partial charge < -0.3 is 11.1 Å². The third-order valence-electron chi connectivity index (χ3n) is 2.37. The molecule has 18 heavy (non-hydrogen) atoms. The summed E-state index contributed by atoms with van der Waals surface area (Å²) in [5.41, 5.74) is 6.60. The summed E-state index contributed by atoms with van der Waals surface area (Å²) in [6.07, 6.45) is 1.65. The normalized spacial score (nSPS) is 10.6. The number of nitrogen functional groups attached to an aromatic ring is 1. The fourth-order valence-electron chi connectivity index (χ4n) is 1.35. The second-order valence-electron chi connectivity index (χ2n) is 3.59. The van der Waals surface area contributed by atoms with Crippen LogP contribution in [0.2, 0.25) is 0 Å². The van der Waals surface area contributed by atoms with Gasteiger partial charge >= 0.3 is 0 Å². The van der Waals surface area contributed by atoms with Crippen LogP contribution in [0.25, 0.3) is 0 Å². The van der Waals surface area contributed by atoms with Crippen molar-refractivity contribution in [2.75, 3.05) is 5.73 Å². The summed E-state index contributed by atoms with van der Waals surface area (Å²) in [7, 11) is 1.76. The number of aromatic nitrogens is 2. The number of nitrogens with one attached hydrogen (secondary N) is 1. The van der Waals surface area contributed by atoms with E-state index in [0.717, 1.165) is 13.8 Å². The number of aryl methyl sites for hydroxylation is 1. The summed E-state index contributed by atoms with van der Waals surface area (Å²) in [5, 5.41) is 6.82. The summed E-state index contributed by atoms with van der Waals surface area (Å²) < 4.78 is 3.34. The summed E-state index contributed by atoms with van der Waals surface area (Å²) in [5.74, 6) is 0.429. The number of anilines is 1. The van der Waals surface area contributed by atoms with Crippen molar-refractivity contribution in [2.24, 2.45) is 7.05 Å². The molecule has 0 saturated heterocycles. The monoisotopic (exact) mass is 392 g/mol. The number of rotatable bonds is 3. The van der Waals surface area contributed by atoms with E-state index in [1.807, 2.05) is 0 Å². The SMILES string of the molecule is Cn1ncc(CNC(=O)c2cc(Br)c(Br)s2)c1N. The van der Waals surface area contributed by atoms with E-state index in [-0.39, 0.29) is 5.91 Å². The van der Waals surface area contributed by atoms with Crippen LogP contribution in [0.5, 0.6) is 0 Å². The topological polar surface area (TPSA) is 72.9 Å². The number of amides is 1.